The maximum atomic E-state index is 5.88. The molecule has 0 radical (unpaired) electrons. The molecule has 20 heavy (non-hydrogen) atoms. The number of pyridine rings is 1. The summed E-state index contributed by atoms with van der Waals surface area (Å²) in [6.07, 6.45) is 5.41. The summed E-state index contributed by atoms with van der Waals surface area (Å²) in [6, 6.07) is 9.93. The monoisotopic (exact) mass is 332 g/mol. The first-order valence-corrected chi connectivity index (χ1v) is 7.20. The number of hydrogen-bond acceptors (Lipinski definition) is 3. The maximum Gasteiger partial charge on any atom is 0.124 e. The van der Waals surface area contributed by atoms with Gasteiger partial charge in [0, 0.05) is 41.1 Å². The predicted octanol–water partition coefficient (Wildman–Crippen LogP) is 3.70. The van der Waals surface area contributed by atoms with E-state index in [0.717, 1.165) is 34.4 Å². The SMILES string of the molecule is C=CCNCc1cc(Br)ccc1OCc1cccnc1. The number of nitrogens with one attached hydrogen (secondary N) is 1. The molecule has 2 rings (SSSR count). The van der Waals surface area contributed by atoms with Gasteiger partial charge in [0.25, 0.3) is 0 Å². The third-order valence-corrected chi connectivity index (χ3v) is 3.24. The van der Waals surface area contributed by atoms with Gasteiger partial charge in [-0.2, -0.15) is 0 Å². The van der Waals surface area contributed by atoms with Crippen molar-refractivity contribution in [1.29, 1.82) is 0 Å². The number of rotatable bonds is 7. The van der Waals surface area contributed by atoms with Crippen LogP contribution in [-0.4, -0.2) is 11.5 Å². The van der Waals surface area contributed by atoms with E-state index in [4.69, 9.17) is 4.74 Å². The smallest absolute Gasteiger partial charge is 0.124 e. The first kappa shape index (κ1) is 14.8. The molecule has 0 atom stereocenters. The quantitative estimate of drug-likeness (QED) is 0.620. The van der Waals surface area contributed by atoms with Gasteiger partial charge in [0.2, 0.25) is 0 Å². The van der Waals surface area contributed by atoms with E-state index in [1.54, 1.807) is 6.20 Å². The lowest BCUT2D eigenvalue weighted by Gasteiger charge is -2.12. The molecular formula is C16H17BrN2O. The van der Waals surface area contributed by atoms with E-state index < -0.39 is 0 Å². The zero-order valence-corrected chi connectivity index (χ0v) is 12.8. The molecule has 0 amide bonds. The van der Waals surface area contributed by atoms with Crippen molar-refractivity contribution in [1.82, 2.24) is 10.3 Å². The Hall–Kier alpha value is -1.65. The molecule has 2 aromatic rings. The second kappa shape index (κ2) is 7.82. The van der Waals surface area contributed by atoms with Crippen LogP contribution in [0.2, 0.25) is 0 Å². The predicted molar refractivity (Wildman–Crippen MR) is 84.6 cm³/mol. The lowest BCUT2D eigenvalue weighted by molar-refractivity contribution is 0.302. The zero-order valence-electron chi connectivity index (χ0n) is 11.2. The van der Waals surface area contributed by atoms with Gasteiger partial charge in [-0.1, -0.05) is 28.1 Å². The van der Waals surface area contributed by atoms with Gasteiger partial charge < -0.3 is 10.1 Å². The van der Waals surface area contributed by atoms with E-state index in [-0.39, 0.29) is 0 Å². The highest BCUT2D eigenvalue weighted by Gasteiger charge is 2.05. The molecule has 0 aliphatic heterocycles. The Labute approximate surface area is 127 Å². The van der Waals surface area contributed by atoms with Crippen LogP contribution in [0.4, 0.5) is 0 Å². The molecule has 1 N–H and O–H groups in total. The lowest BCUT2D eigenvalue weighted by atomic mass is 10.2. The summed E-state index contributed by atoms with van der Waals surface area (Å²) in [5.74, 6) is 0.883. The van der Waals surface area contributed by atoms with Crippen LogP contribution in [0.15, 0.2) is 59.9 Å². The summed E-state index contributed by atoms with van der Waals surface area (Å²) >= 11 is 3.49. The number of ether oxygens (including phenoxy) is 1. The Morgan fingerprint density at radius 2 is 2.25 bits per heavy atom. The maximum absolute atomic E-state index is 5.88. The van der Waals surface area contributed by atoms with Gasteiger partial charge >= 0.3 is 0 Å². The summed E-state index contributed by atoms with van der Waals surface area (Å²) in [7, 11) is 0. The van der Waals surface area contributed by atoms with E-state index in [2.05, 4.69) is 38.9 Å². The summed E-state index contributed by atoms with van der Waals surface area (Å²) < 4.78 is 6.93. The van der Waals surface area contributed by atoms with Gasteiger partial charge in [0.15, 0.2) is 0 Å². The molecule has 0 aliphatic carbocycles. The molecule has 104 valence electrons. The summed E-state index contributed by atoms with van der Waals surface area (Å²) in [5.41, 5.74) is 2.17. The highest BCUT2D eigenvalue weighted by atomic mass is 79.9. The van der Waals surface area contributed by atoms with Crippen molar-refractivity contribution in [3.05, 3.63) is 71.0 Å². The van der Waals surface area contributed by atoms with Gasteiger partial charge in [-0.05, 0) is 24.3 Å². The van der Waals surface area contributed by atoms with E-state index in [9.17, 15) is 0 Å². The molecule has 1 aromatic carbocycles. The molecule has 0 saturated heterocycles. The highest BCUT2D eigenvalue weighted by molar-refractivity contribution is 9.10. The summed E-state index contributed by atoms with van der Waals surface area (Å²) in [4.78, 5) is 4.08. The fraction of sp³-hybridized carbons (Fsp3) is 0.188. The van der Waals surface area contributed by atoms with Crippen molar-refractivity contribution in [3.8, 4) is 5.75 Å². The average Bonchev–Trinajstić information content (AvgIpc) is 2.48. The van der Waals surface area contributed by atoms with Gasteiger partial charge in [-0.3, -0.25) is 4.98 Å². The molecule has 1 heterocycles. The molecule has 3 nitrogen and oxygen atoms in total. The standard InChI is InChI=1S/C16H17BrN2O/c1-2-7-18-11-14-9-15(17)5-6-16(14)20-12-13-4-3-8-19-10-13/h2-6,8-10,18H,1,7,11-12H2. The highest BCUT2D eigenvalue weighted by Crippen LogP contribution is 2.24. The van der Waals surface area contributed by atoms with Crippen molar-refractivity contribution in [2.45, 2.75) is 13.2 Å². The molecule has 1 aromatic heterocycles. The Bertz CT molecular complexity index is 558. The fourth-order valence-corrected chi connectivity index (χ4v) is 2.19. The lowest BCUT2D eigenvalue weighted by Crippen LogP contribution is -2.13. The molecule has 0 spiro atoms. The number of halogens is 1. The molecule has 0 aliphatic rings. The first-order valence-electron chi connectivity index (χ1n) is 6.41. The fourth-order valence-electron chi connectivity index (χ4n) is 1.78. The second-order valence-corrected chi connectivity index (χ2v) is 5.24. The Kier molecular flexibility index (Phi) is 5.77. The van der Waals surface area contributed by atoms with Gasteiger partial charge in [0.1, 0.15) is 12.4 Å². The number of aromatic nitrogens is 1. The van der Waals surface area contributed by atoms with E-state index in [1.165, 1.54) is 0 Å². The number of benzene rings is 1. The Balaban J connectivity index is 2.04. The van der Waals surface area contributed by atoms with Gasteiger partial charge in [-0.25, -0.2) is 0 Å². The third-order valence-electron chi connectivity index (χ3n) is 2.74. The molecule has 0 bridgehead atoms. The van der Waals surface area contributed by atoms with Crippen molar-refractivity contribution in [2.75, 3.05) is 6.54 Å². The van der Waals surface area contributed by atoms with Crippen molar-refractivity contribution in [2.24, 2.45) is 0 Å². The molecule has 4 heteroatoms. The van der Waals surface area contributed by atoms with Crippen LogP contribution < -0.4 is 10.1 Å². The van der Waals surface area contributed by atoms with E-state index in [1.807, 2.05) is 36.5 Å². The second-order valence-electron chi connectivity index (χ2n) is 4.32. The van der Waals surface area contributed by atoms with Gasteiger partial charge in [-0.15, -0.1) is 6.58 Å². The normalized spacial score (nSPS) is 10.2. The zero-order chi connectivity index (χ0) is 14.2. The minimum atomic E-state index is 0.518. The summed E-state index contributed by atoms with van der Waals surface area (Å²) in [5, 5.41) is 3.29. The van der Waals surface area contributed by atoms with Crippen LogP contribution >= 0.6 is 15.9 Å². The van der Waals surface area contributed by atoms with Crippen molar-refractivity contribution in [3.63, 3.8) is 0 Å². The third kappa shape index (κ3) is 4.47. The summed E-state index contributed by atoms with van der Waals surface area (Å²) in [6.45, 7) is 5.73. The minimum absolute atomic E-state index is 0.518. The largest absolute Gasteiger partial charge is 0.489 e. The Morgan fingerprint density at radius 3 is 3.00 bits per heavy atom. The van der Waals surface area contributed by atoms with Gasteiger partial charge in [0.05, 0.1) is 0 Å². The van der Waals surface area contributed by atoms with Crippen LogP contribution in [0.25, 0.3) is 0 Å². The van der Waals surface area contributed by atoms with E-state index in [0.29, 0.717) is 6.61 Å². The van der Waals surface area contributed by atoms with E-state index >= 15 is 0 Å². The molecule has 0 unspecified atom stereocenters. The van der Waals surface area contributed by atoms with Crippen LogP contribution in [0.5, 0.6) is 5.75 Å². The van der Waals surface area contributed by atoms with Crippen LogP contribution in [0.1, 0.15) is 11.1 Å². The molecular weight excluding hydrogens is 316 g/mol. The van der Waals surface area contributed by atoms with Crippen molar-refractivity contribution >= 4 is 15.9 Å². The van der Waals surface area contributed by atoms with Crippen LogP contribution in [0, 0.1) is 0 Å². The number of hydrogen-bond donors (Lipinski definition) is 1. The molecule has 0 fully saturated rings. The van der Waals surface area contributed by atoms with Crippen LogP contribution in [0.3, 0.4) is 0 Å². The van der Waals surface area contributed by atoms with Crippen LogP contribution in [-0.2, 0) is 13.2 Å². The topological polar surface area (TPSA) is 34.1 Å². The Morgan fingerprint density at radius 1 is 1.35 bits per heavy atom. The number of nitrogens with zero attached hydrogens (tertiary/aromatic N) is 1. The average molecular weight is 333 g/mol. The molecule has 0 saturated carbocycles. The van der Waals surface area contributed by atoms with Crippen molar-refractivity contribution < 1.29 is 4.74 Å². The first-order chi connectivity index (χ1) is 9.79. The minimum Gasteiger partial charge on any atom is -0.489 e.